The summed E-state index contributed by atoms with van der Waals surface area (Å²) in [6.07, 6.45) is 1.42. The Kier molecular flexibility index (Phi) is 5.72. The number of furan rings is 1. The van der Waals surface area contributed by atoms with Gasteiger partial charge in [0, 0.05) is 18.7 Å². The van der Waals surface area contributed by atoms with Crippen molar-refractivity contribution < 1.29 is 22.4 Å². The van der Waals surface area contributed by atoms with Crippen LogP contribution in [0.4, 0.5) is 5.69 Å². The number of rotatable bonds is 7. The first-order valence-electron chi connectivity index (χ1n) is 7.07. The van der Waals surface area contributed by atoms with Crippen LogP contribution in [-0.4, -0.2) is 33.8 Å². The summed E-state index contributed by atoms with van der Waals surface area (Å²) >= 11 is 0. The molecule has 0 unspecified atom stereocenters. The smallest absolute Gasteiger partial charge is 0.286 e. The molecule has 0 aliphatic rings. The lowest BCUT2D eigenvalue weighted by Gasteiger charge is -2.08. The molecule has 3 N–H and O–H groups in total. The second-order valence-corrected chi connectivity index (χ2v) is 6.65. The van der Waals surface area contributed by atoms with E-state index in [-0.39, 0.29) is 29.5 Å². The number of nitrogens with one attached hydrogen (secondary N) is 3. The largest absolute Gasteiger partial charge is 0.459 e. The maximum Gasteiger partial charge on any atom is 0.286 e. The fraction of sp³-hybridized carbons (Fsp3) is 0.200. The van der Waals surface area contributed by atoms with E-state index in [0.29, 0.717) is 5.69 Å². The summed E-state index contributed by atoms with van der Waals surface area (Å²) in [5, 5.41) is 5.13. The zero-order chi connectivity index (χ0) is 17.6. The SMILES string of the molecule is CNS(=O)(=O)c1cccc(NC(=O)CCNC(=O)c2ccco2)c1. The normalized spacial score (nSPS) is 11.0. The Hall–Kier alpha value is -2.65. The van der Waals surface area contributed by atoms with Crippen LogP contribution in [0.5, 0.6) is 0 Å². The van der Waals surface area contributed by atoms with E-state index in [1.165, 1.54) is 37.6 Å². The summed E-state index contributed by atoms with van der Waals surface area (Å²) in [5.41, 5.74) is 0.355. The van der Waals surface area contributed by atoms with Gasteiger partial charge in [-0.3, -0.25) is 9.59 Å². The fourth-order valence-corrected chi connectivity index (χ4v) is 2.64. The zero-order valence-corrected chi connectivity index (χ0v) is 13.7. The van der Waals surface area contributed by atoms with E-state index in [9.17, 15) is 18.0 Å². The van der Waals surface area contributed by atoms with E-state index in [1.54, 1.807) is 12.1 Å². The van der Waals surface area contributed by atoms with Gasteiger partial charge in [0.05, 0.1) is 11.2 Å². The van der Waals surface area contributed by atoms with Crippen molar-refractivity contribution >= 4 is 27.5 Å². The Labute approximate surface area is 139 Å². The third-order valence-corrected chi connectivity index (χ3v) is 4.49. The average molecular weight is 351 g/mol. The van der Waals surface area contributed by atoms with E-state index in [4.69, 9.17) is 4.42 Å². The molecular formula is C15H17N3O5S. The van der Waals surface area contributed by atoms with Crippen molar-refractivity contribution in [1.29, 1.82) is 0 Å². The third-order valence-electron chi connectivity index (χ3n) is 3.08. The van der Waals surface area contributed by atoms with Gasteiger partial charge < -0.3 is 15.1 Å². The summed E-state index contributed by atoms with van der Waals surface area (Å²) in [6, 6.07) is 8.99. The number of benzene rings is 1. The van der Waals surface area contributed by atoms with Crippen LogP contribution in [0, 0.1) is 0 Å². The molecule has 2 amide bonds. The monoisotopic (exact) mass is 351 g/mol. The Morgan fingerprint density at radius 1 is 1.17 bits per heavy atom. The predicted molar refractivity (Wildman–Crippen MR) is 87.0 cm³/mol. The van der Waals surface area contributed by atoms with Crippen molar-refractivity contribution in [2.75, 3.05) is 18.9 Å². The topological polar surface area (TPSA) is 118 Å². The minimum atomic E-state index is -3.58. The molecule has 2 aromatic rings. The Bertz CT molecular complexity index is 815. The first kappa shape index (κ1) is 17.7. The molecule has 0 spiro atoms. The van der Waals surface area contributed by atoms with E-state index in [0.717, 1.165) is 0 Å². The van der Waals surface area contributed by atoms with Crippen molar-refractivity contribution in [2.45, 2.75) is 11.3 Å². The molecule has 128 valence electrons. The summed E-state index contributed by atoms with van der Waals surface area (Å²) in [5.74, 6) is -0.593. The molecule has 0 saturated carbocycles. The highest BCUT2D eigenvalue weighted by Gasteiger charge is 2.13. The van der Waals surface area contributed by atoms with Crippen LogP contribution in [0.25, 0.3) is 0 Å². The first-order valence-corrected chi connectivity index (χ1v) is 8.56. The lowest BCUT2D eigenvalue weighted by atomic mass is 10.3. The maximum absolute atomic E-state index is 11.9. The molecular weight excluding hydrogens is 334 g/mol. The summed E-state index contributed by atoms with van der Waals surface area (Å²) in [4.78, 5) is 23.5. The molecule has 9 heteroatoms. The molecule has 8 nitrogen and oxygen atoms in total. The number of carbonyl (C=O) groups is 2. The quantitative estimate of drug-likeness (QED) is 0.686. The molecule has 1 aromatic heterocycles. The highest BCUT2D eigenvalue weighted by Crippen LogP contribution is 2.15. The van der Waals surface area contributed by atoms with Gasteiger partial charge in [0.25, 0.3) is 5.91 Å². The van der Waals surface area contributed by atoms with Crippen molar-refractivity contribution in [1.82, 2.24) is 10.0 Å². The summed E-state index contributed by atoms with van der Waals surface area (Å²) in [6.45, 7) is 0.125. The second kappa shape index (κ2) is 7.75. The summed E-state index contributed by atoms with van der Waals surface area (Å²) in [7, 11) is -2.27. The Morgan fingerprint density at radius 2 is 1.96 bits per heavy atom. The van der Waals surface area contributed by atoms with Crippen molar-refractivity contribution in [3.8, 4) is 0 Å². The molecule has 2 rings (SSSR count). The molecule has 0 fully saturated rings. The van der Waals surface area contributed by atoms with E-state index >= 15 is 0 Å². The van der Waals surface area contributed by atoms with Crippen LogP contribution in [0.1, 0.15) is 17.0 Å². The van der Waals surface area contributed by atoms with Crippen LogP contribution in [0.2, 0.25) is 0 Å². The molecule has 0 radical (unpaired) electrons. The molecule has 1 heterocycles. The third kappa shape index (κ3) is 4.67. The van der Waals surface area contributed by atoms with Crippen LogP contribution in [-0.2, 0) is 14.8 Å². The lowest BCUT2D eigenvalue weighted by Crippen LogP contribution is -2.27. The number of amides is 2. The molecule has 1 aromatic carbocycles. The number of carbonyl (C=O) groups excluding carboxylic acids is 2. The Morgan fingerprint density at radius 3 is 2.62 bits per heavy atom. The molecule has 0 aliphatic carbocycles. The van der Waals surface area contributed by atoms with Gasteiger partial charge in [0.2, 0.25) is 15.9 Å². The van der Waals surface area contributed by atoms with Crippen LogP contribution in [0.3, 0.4) is 0 Å². The van der Waals surface area contributed by atoms with Gasteiger partial charge in [0.1, 0.15) is 0 Å². The lowest BCUT2D eigenvalue weighted by molar-refractivity contribution is -0.116. The first-order chi connectivity index (χ1) is 11.4. The van der Waals surface area contributed by atoms with Gasteiger partial charge in [-0.2, -0.15) is 0 Å². The van der Waals surface area contributed by atoms with Crippen LogP contribution in [0.15, 0.2) is 52.0 Å². The van der Waals surface area contributed by atoms with Crippen molar-refractivity contribution in [2.24, 2.45) is 0 Å². The van der Waals surface area contributed by atoms with Gasteiger partial charge in [-0.15, -0.1) is 0 Å². The van der Waals surface area contributed by atoms with E-state index in [2.05, 4.69) is 15.4 Å². The van der Waals surface area contributed by atoms with Crippen LogP contribution < -0.4 is 15.4 Å². The minimum Gasteiger partial charge on any atom is -0.459 e. The van der Waals surface area contributed by atoms with E-state index in [1.807, 2.05) is 0 Å². The average Bonchev–Trinajstić information content (AvgIpc) is 3.09. The van der Waals surface area contributed by atoms with Crippen molar-refractivity contribution in [3.05, 3.63) is 48.4 Å². The van der Waals surface area contributed by atoms with Crippen LogP contribution >= 0.6 is 0 Å². The molecule has 0 bridgehead atoms. The number of hydrogen-bond acceptors (Lipinski definition) is 5. The van der Waals surface area contributed by atoms with Crippen molar-refractivity contribution in [3.63, 3.8) is 0 Å². The molecule has 24 heavy (non-hydrogen) atoms. The number of sulfonamides is 1. The predicted octanol–water partition coefficient (Wildman–Crippen LogP) is 0.946. The standard InChI is InChI=1S/C15H17N3O5S/c1-16-24(21,22)12-5-2-4-11(10-12)18-14(19)7-8-17-15(20)13-6-3-9-23-13/h2-6,9-10,16H,7-8H2,1H3,(H,17,20)(H,18,19). The zero-order valence-electron chi connectivity index (χ0n) is 12.9. The number of hydrogen-bond donors (Lipinski definition) is 3. The van der Waals surface area contributed by atoms with E-state index < -0.39 is 15.9 Å². The van der Waals surface area contributed by atoms with Gasteiger partial charge in [-0.1, -0.05) is 6.07 Å². The Balaban J connectivity index is 1.86. The fourth-order valence-electron chi connectivity index (χ4n) is 1.87. The highest BCUT2D eigenvalue weighted by atomic mass is 32.2. The molecule has 0 aliphatic heterocycles. The van der Waals surface area contributed by atoms with Gasteiger partial charge in [-0.05, 0) is 37.4 Å². The highest BCUT2D eigenvalue weighted by molar-refractivity contribution is 7.89. The second-order valence-electron chi connectivity index (χ2n) is 4.77. The van der Waals surface area contributed by atoms with Gasteiger partial charge >= 0.3 is 0 Å². The van der Waals surface area contributed by atoms with Gasteiger partial charge in [-0.25, -0.2) is 13.1 Å². The number of anilines is 1. The molecule has 0 saturated heterocycles. The minimum absolute atomic E-state index is 0.0372. The summed E-state index contributed by atoms with van der Waals surface area (Å²) < 4.78 is 30.6. The maximum atomic E-state index is 11.9. The van der Waals surface area contributed by atoms with Gasteiger partial charge in [0.15, 0.2) is 5.76 Å². The molecule has 0 atom stereocenters.